The Kier molecular flexibility index (Phi) is 5.04. The lowest BCUT2D eigenvalue weighted by Gasteiger charge is -2.36. The molecule has 0 fully saturated rings. The summed E-state index contributed by atoms with van der Waals surface area (Å²) in [6, 6.07) is 11.7. The summed E-state index contributed by atoms with van der Waals surface area (Å²) < 4.78 is 5.83. The molecule has 0 spiro atoms. The second kappa shape index (κ2) is 7.21. The highest BCUT2D eigenvalue weighted by atomic mass is 32.2. The first-order chi connectivity index (χ1) is 11.7. The van der Waals surface area contributed by atoms with Crippen molar-refractivity contribution in [3.8, 4) is 23.7 Å². The summed E-state index contributed by atoms with van der Waals surface area (Å²) in [7, 11) is 0. The van der Waals surface area contributed by atoms with Crippen LogP contribution in [0.1, 0.15) is 28.8 Å². The second-order valence-corrected chi connectivity index (χ2v) is 7.73. The summed E-state index contributed by atoms with van der Waals surface area (Å²) in [4.78, 5) is 4.18. The van der Waals surface area contributed by atoms with Gasteiger partial charge in [-0.2, -0.15) is 5.26 Å². The molecule has 0 saturated heterocycles. The molecule has 2 heterocycles. The van der Waals surface area contributed by atoms with Gasteiger partial charge in [0.1, 0.15) is 17.5 Å². The predicted molar refractivity (Wildman–Crippen MR) is 100 cm³/mol. The van der Waals surface area contributed by atoms with Gasteiger partial charge in [-0.15, -0.1) is 23.5 Å². The van der Waals surface area contributed by atoms with Crippen LogP contribution < -0.4 is 4.74 Å². The number of benzene rings is 1. The van der Waals surface area contributed by atoms with Crippen LogP contribution in [-0.2, 0) is 4.08 Å². The van der Waals surface area contributed by atoms with Crippen molar-refractivity contribution < 1.29 is 4.74 Å². The maximum atomic E-state index is 8.80. The van der Waals surface area contributed by atoms with Crippen molar-refractivity contribution in [1.82, 2.24) is 4.98 Å². The smallest absolute Gasteiger partial charge is 0.124 e. The van der Waals surface area contributed by atoms with Crippen LogP contribution in [0.15, 0.2) is 36.5 Å². The minimum Gasteiger partial charge on any atom is -0.493 e. The Morgan fingerprint density at radius 3 is 2.58 bits per heavy atom. The topological polar surface area (TPSA) is 45.9 Å². The van der Waals surface area contributed by atoms with Gasteiger partial charge in [-0.1, -0.05) is 5.92 Å². The van der Waals surface area contributed by atoms with Crippen molar-refractivity contribution in [3.63, 3.8) is 0 Å². The maximum absolute atomic E-state index is 8.80. The van der Waals surface area contributed by atoms with E-state index < -0.39 is 0 Å². The van der Waals surface area contributed by atoms with Crippen LogP contribution in [0.3, 0.4) is 0 Å². The molecule has 1 aromatic carbocycles. The van der Waals surface area contributed by atoms with Gasteiger partial charge in [-0.3, -0.25) is 0 Å². The summed E-state index contributed by atoms with van der Waals surface area (Å²) >= 11 is 3.71. The molecule has 0 radical (unpaired) electrons. The second-order valence-electron chi connectivity index (χ2n) is 5.26. The van der Waals surface area contributed by atoms with E-state index in [1.807, 2.05) is 35.7 Å². The Balaban J connectivity index is 1.94. The number of hydrogen-bond donors (Lipinski definition) is 0. The molecule has 1 aliphatic rings. The number of nitriles is 1. The van der Waals surface area contributed by atoms with Crippen LogP contribution in [-0.4, -0.2) is 24.1 Å². The summed E-state index contributed by atoms with van der Waals surface area (Å²) in [5, 5.41) is 8.80. The first-order valence-corrected chi connectivity index (χ1v) is 9.91. The zero-order valence-electron chi connectivity index (χ0n) is 13.5. The number of aromatic nitrogens is 1. The third kappa shape index (κ3) is 3.24. The standard InChI is InChI=1S/C19H16N2OS2/c1-23-19(24-2)9-10-22-18-8-5-14(11-17(18)19)3-6-16-7-4-15(12-20)13-21-16/h4-5,7-8,11,13H,9-10H2,1-2H3. The first-order valence-electron chi connectivity index (χ1n) is 7.46. The Bertz CT molecular complexity index is 840. The molecule has 0 atom stereocenters. The van der Waals surface area contributed by atoms with Crippen molar-refractivity contribution in [2.45, 2.75) is 10.5 Å². The lowest BCUT2D eigenvalue weighted by molar-refractivity contribution is 0.280. The molecule has 1 aliphatic heterocycles. The molecular formula is C19H16N2OS2. The Morgan fingerprint density at radius 1 is 1.12 bits per heavy atom. The quantitative estimate of drug-likeness (QED) is 0.603. The van der Waals surface area contributed by atoms with Crippen LogP contribution in [0.4, 0.5) is 0 Å². The molecule has 0 bridgehead atoms. The zero-order valence-corrected chi connectivity index (χ0v) is 15.1. The van der Waals surface area contributed by atoms with Gasteiger partial charge in [-0.05, 0) is 48.8 Å². The number of nitrogens with zero attached hydrogens (tertiary/aromatic N) is 2. The Labute approximate surface area is 150 Å². The fourth-order valence-electron chi connectivity index (χ4n) is 2.64. The van der Waals surface area contributed by atoms with Gasteiger partial charge in [0.25, 0.3) is 0 Å². The van der Waals surface area contributed by atoms with E-state index in [4.69, 9.17) is 10.00 Å². The highest BCUT2D eigenvalue weighted by Crippen LogP contribution is 2.52. The van der Waals surface area contributed by atoms with Gasteiger partial charge in [0, 0.05) is 23.7 Å². The van der Waals surface area contributed by atoms with Crippen LogP contribution >= 0.6 is 23.5 Å². The van der Waals surface area contributed by atoms with Crippen LogP contribution in [0, 0.1) is 23.2 Å². The molecule has 0 N–H and O–H groups in total. The SMILES string of the molecule is CSC1(SC)CCOc2ccc(C#Cc3ccc(C#N)cn3)cc21. The lowest BCUT2D eigenvalue weighted by Crippen LogP contribution is -2.26. The van der Waals surface area contributed by atoms with Gasteiger partial charge in [0.05, 0.1) is 16.2 Å². The largest absolute Gasteiger partial charge is 0.493 e. The molecule has 1 aromatic heterocycles. The van der Waals surface area contributed by atoms with Gasteiger partial charge in [-0.25, -0.2) is 4.98 Å². The molecule has 120 valence electrons. The average molecular weight is 352 g/mol. The Hall–Kier alpha value is -2.08. The molecule has 24 heavy (non-hydrogen) atoms. The molecule has 0 aliphatic carbocycles. The number of rotatable bonds is 2. The molecular weight excluding hydrogens is 336 g/mol. The van der Waals surface area contributed by atoms with E-state index in [0.29, 0.717) is 11.3 Å². The third-order valence-electron chi connectivity index (χ3n) is 3.97. The minimum atomic E-state index is 0.0258. The van der Waals surface area contributed by atoms with Gasteiger partial charge >= 0.3 is 0 Å². The minimum absolute atomic E-state index is 0.0258. The summed E-state index contributed by atoms with van der Waals surface area (Å²) in [6.07, 6.45) is 6.81. The van der Waals surface area contributed by atoms with E-state index in [1.165, 1.54) is 11.8 Å². The fraction of sp³-hybridized carbons (Fsp3) is 0.263. The average Bonchev–Trinajstić information content (AvgIpc) is 2.66. The van der Waals surface area contributed by atoms with E-state index in [1.54, 1.807) is 12.1 Å². The van der Waals surface area contributed by atoms with Crippen molar-refractivity contribution in [2.75, 3.05) is 19.1 Å². The lowest BCUT2D eigenvalue weighted by atomic mass is 10.0. The normalized spacial score (nSPS) is 14.5. The van der Waals surface area contributed by atoms with Crippen LogP contribution in [0.2, 0.25) is 0 Å². The van der Waals surface area contributed by atoms with E-state index in [0.717, 1.165) is 24.3 Å². The molecule has 3 rings (SSSR count). The van der Waals surface area contributed by atoms with E-state index >= 15 is 0 Å². The van der Waals surface area contributed by atoms with Gasteiger partial charge in [0.15, 0.2) is 0 Å². The van der Waals surface area contributed by atoms with Crippen molar-refractivity contribution in [3.05, 3.63) is 58.9 Å². The Morgan fingerprint density at radius 2 is 1.92 bits per heavy atom. The maximum Gasteiger partial charge on any atom is 0.124 e. The molecule has 0 saturated carbocycles. The number of hydrogen-bond acceptors (Lipinski definition) is 5. The highest BCUT2D eigenvalue weighted by molar-refractivity contribution is 8.16. The van der Waals surface area contributed by atoms with Crippen LogP contribution in [0.5, 0.6) is 5.75 Å². The van der Waals surface area contributed by atoms with Crippen LogP contribution in [0.25, 0.3) is 0 Å². The fourth-order valence-corrected chi connectivity index (χ4v) is 4.64. The molecule has 0 unspecified atom stereocenters. The van der Waals surface area contributed by atoms with Crippen molar-refractivity contribution in [1.29, 1.82) is 5.26 Å². The predicted octanol–water partition coefficient (Wildman–Crippen LogP) is 4.01. The number of ether oxygens (including phenoxy) is 1. The number of pyridine rings is 1. The van der Waals surface area contributed by atoms with E-state index in [-0.39, 0.29) is 4.08 Å². The summed E-state index contributed by atoms with van der Waals surface area (Å²) in [5.41, 5.74) is 3.34. The van der Waals surface area contributed by atoms with Gasteiger partial charge < -0.3 is 4.74 Å². The number of fused-ring (bicyclic) bond motifs is 1. The van der Waals surface area contributed by atoms with Gasteiger partial charge in [0.2, 0.25) is 0 Å². The van der Waals surface area contributed by atoms with E-state index in [9.17, 15) is 0 Å². The summed E-state index contributed by atoms with van der Waals surface area (Å²) in [6.45, 7) is 0.745. The molecule has 2 aromatic rings. The molecule has 3 nitrogen and oxygen atoms in total. The summed E-state index contributed by atoms with van der Waals surface area (Å²) in [5.74, 6) is 7.17. The molecule has 0 amide bonds. The monoisotopic (exact) mass is 352 g/mol. The van der Waals surface area contributed by atoms with Crippen molar-refractivity contribution >= 4 is 23.5 Å². The number of thioether (sulfide) groups is 2. The van der Waals surface area contributed by atoms with E-state index in [2.05, 4.69) is 41.5 Å². The molecule has 5 heteroatoms. The highest BCUT2D eigenvalue weighted by Gasteiger charge is 2.36. The zero-order chi connectivity index (χ0) is 17.0. The third-order valence-corrected chi connectivity index (χ3v) is 7.13. The first kappa shape index (κ1) is 16.8. The van der Waals surface area contributed by atoms with Crippen molar-refractivity contribution in [2.24, 2.45) is 0 Å².